The first-order chi connectivity index (χ1) is 12.4. The first-order valence-electron chi connectivity index (χ1n) is 8.55. The van der Waals surface area contributed by atoms with Gasteiger partial charge in [-0.25, -0.2) is 0 Å². The molecule has 0 aromatic heterocycles. The van der Waals surface area contributed by atoms with Gasteiger partial charge < -0.3 is 5.32 Å². The highest BCUT2D eigenvalue weighted by molar-refractivity contribution is 6.20. The molecule has 0 heterocycles. The van der Waals surface area contributed by atoms with Crippen LogP contribution in [0.2, 0.25) is 0 Å². The maximum Gasteiger partial charge on any atom is 0.0390 e. The van der Waals surface area contributed by atoms with Gasteiger partial charge in [-0.1, -0.05) is 72.8 Å². The minimum atomic E-state index is 1.10. The smallest absolute Gasteiger partial charge is 0.0390 e. The Hall–Kier alpha value is -3.32. The molecule has 0 atom stereocenters. The van der Waals surface area contributed by atoms with E-state index in [1.54, 1.807) is 0 Å². The maximum absolute atomic E-state index is 3.51. The molecular formula is C24H17N. The van der Waals surface area contributed by atoms with E-state index in [4.69, 9.17) is 0 Å². The molecule has 25 heavy (non-hydrogen) atoms. The Morgan fingerprint density at radius 1 is 0.440 bits per heavy atom. The molecule has 1 heteroatoms. The van der Waals surface area contributed by atoms with Crippen molar-refractivity contribution in [3.63, 3.8) is 0 Å². The average Bonchev–Trinajstić information content (AvgIpc) is 2.68. The van der Waals surface area contributed by atoms with Crippen molar-refractivity contribution >= 4 is 43.7 Å². The van der Waals surface area contributed by atoms with Crippen molar-refractivity contribution in [1.29, 1.82) is 0 Å². The summed E-state index contributed by atoms with van der Waals surface area (Å²) >= 11 is 0. The maximum atomic E-state index is 3.51. The van der Waals surface area contributed by atoms with Crippen molar-refractivity contribution in [2.24, 2.45) is 0 Å². The number of rotatable bonds is 2. The summed E-state index contributed by atoms with van der Waals surface area (Å²) in [5.41, 5.74) is 2.21. The summed E-state index contributed by atoms with van der Waals surface area (Å²) in [6.07, 6.45) is 0. The van der Waals surface area contributed by atoms with E-state index in [0.717, 1.165) is 11.4 Å². The number of benzene rings is 5. The molecular weight excluding hydrogens is 302 g/mol. The van der Waals surface area contributed by atoms with E-state index in [1.807, 2.05) is 18.2 Å². The number of nitrogens with one attached hydrogen (secondary N) is 1. The first kappa shape index (κ1) is 14.1. The summed E-state index contributed by atoms with van der Waals surface area (Å²) in [6.45, 7) is 0. The monoisotopic (exact) mass is 319 g/mol. The molecule has 1 nitrogen and oxygen atoms in total. The van der Waals surface area contributed by atoms with Gasteiger partial charge in [0.1, 0.15) is 0 Å². The van der Waals surface area contributed by atoms with Gasteiger partial charge in [0, 0.05) is 11.4 Å². The van der Waals surface area contributed by atoms with Crippen molar-refractivity contribution in [2.45, 2.75) is 0 Å². The Kier molecular flexibility index (Phi) is 3.17. The van der Waals surface area contributed by atoms with Gasteiger partial charge in [0.05, 0.1) is 0 Å². The summed E-state index contributed by atoms with van der Waals surface area (Å²) < 4.78 is 0. The van der Waals surface area contributed by atoms with E-state index >= 15 is 0 Å². The molecule has 0 saturated carbocycles. The van der Waals surface area contributed by atoms with Crippen LogP contribution in [0.4, 0.5) is 11.4 Å². The molecule has 5 aromatic carbocycles. The van der Waals surface area contributed by atoms with E-state index in [-0.39, 0.29) is 0 Å². The number of anilines is 2. The SMILES string of the molecule is c1ccc(Nc2ccc3ccc4ccc5ccccc5c4c3c2)cc1. The minimum Gasteiger partial charge on any atom is -0.356 e. The van der Waals surface area contributed by atoms with Crippen LogP contribution in [0.1, 0.15) is 0 Å². The Morgan fingerprint density at radius 2 is 1.08 bits per heavy atom. The zero-order chi connectivity index (χ0) is 16.6. The molecule has 5 rings (SSSR count). The normalized spacial score (nSPS) is 11.2. The van der Waals surface area contributed by atoms with Crippen LogP contribution in [0.15, 0.2) is 97.1 Å². The van der Waals surface area contributed by atoms with Crippen molar-refractivity contribution in [2.75, 3.05) is 5.32 Å². The summed E-state index contributed by atoms with van der Waals surface area (Å²) in [5, 5.41) is 11.3. The Morgan fingerprint density at radius 3 is 1.92 bits per heavy atom. The van der Waals surface area contributed by atoms with Crippen molar-refractivity contribution in [1.82, 2.24) is 0 Å². The van der Waals surface area contributed by atoms with Gasteiger partial charge >= 0.3 is 0 Å². The first-order valence-corrected chi connectivity index (χ1v) is 8.55. The number of para-hydroxylation sites is 1. The Labute approximate surface area is 146 Å². The van der Waals surface area contributed by atoms with Crippen LogP contribution in [0.25, 0.3) is 32.3 Å². The molecule has 0 aliphatic heterocycles. The highest BCUT2D eigenvalue weighted by Gasteiger charge is 2.06. The molecule has 0 fully saturated rings. The zero-order valence-corrected chi connectivity index (χ0v) is 13.7. The highest BCUT2D eigenvalue weighted by Crippen LogP contribution is 2.34. The fourth-order valence-corrected chi connectivity index (χ4v) is 3.59. The molecule has 0 saturated heterocycles. The van der Waals surface area contributed by atoms with Gasteiger partial charge in [-0.05, 0) is 56.6 Å². The second-order valence-corrected chi connectivity index (χ2v) is 6.38. The fraction of sp³-hybridized carbons (Fsp3) is 0. The lowest BCUT2D eigenvalue weighted by atomic mass is 9.96. The Balaban J connectivity index is 1.79. The zero-order valence-electron chi connectivity index (χ0n) is 13.7. The molecule has 0 radical (unpaired) electrons. The van der Waals surface area contributed by atoms with Crippen LogP contribution in [0.5, 0.6) is 0 Å². The quantitative estimate of drug-likeness (QED) is 0.349. The molecule has 1 N–H and O–H groups in total. The third-order valence-electron chi connectivity index (χ3n) is 4.79. The minimum absolute atomic E-state index is 1.10. The number of hydrogen-bond acceptors (Lipinski definition) is 1. The van der Waals surface area contributed by atoms with E-state index in [9.17, 15) is 0 Å². The molecule has 0 unspecified atom stereocenters. The van der Waals surface area contributed by atoms with Crippen LogP contribution >= 0.6 is 0 Å². The van der Waals surface area contributed by atoms with Crippen molar-refractivity contribution in [3.8, 4) is 0 Å². The molecule has 0 spiro atoms. The lowest BCUT2D eigenvalue weighted by Gasteiger charge is -2.11. The van der Waals surface area contributed by atoms with Gasteiger partial charge in [-0.3, -0.25) is 0 Å². The largest absolute Gasteiger partial charge is 0.356 e. The summed E-state index contributed by atoms with van der Waals surface area (Å²) in [4.78, 5) is 0. The second kappa shape index (κ2) is 5.64. The lowest BCUT2D eigenvalue weighted by Crippen LogP contribution is -1.90. The van der Waals surface area contributed by atoms with Gasteiger partial charge in [0.25, 0.3) is 0 Å². The van der Waals surface area contributed by atoms with E-state index in [2.05, 4.69) is 84.2 Å². The third-order valence-corrected chi connectivity index (χ3v) is 4.79. The van der Waals surface area contributed by atoms with Crippen LogP contribution in [0, 0.1) is 0 Å². The predicted molar refractivity (Wildman–Crippen MR) is 109 cm³/mol. The lowest BCUT2D eigenvalue weighted by molar-refractivity contribution is 1.57. The van der Waals surface area contributed by atoms with Crippen LogP contribution in [-0.4, -0.2) is 0 Å². The molecule has 118 valence electrons. The highest BCUT2D eigenvalue weighted by atomic mass is 14.9. The molecule has 0 aliphatic rings. The fourth-order valence-electron chi connectivity index (χ4n) is 3.59. The van der Waals surface area contributed by atoms with Gasteiger partial charge in [-0.2, -0.15) is 0 Å². The number of hydrogen-bond donors (Lipinski definition) is 1. The number of fused-ring (bicyclic) bond motifs is 5. The third kappa shape index (κ3) is 2.41. The average molecular weight is 319 g/mol. The van der Waals surface area contributed by atoms with E-state index in [1.165, 1.54) is 32.3 Å². The van der Waals surface area contributed by atoms with Crippen molar-refractivity contribution < 1.29 is 0 Å². The topological polar surface area (TPSA) is 12.0 Å². The van der Waals surface area contributed by atoms with Gasteiger partial charge in [-0.15, -0.1) is 0 Å². The summed E-state index contributed by atoms with van der Waals surface area (Å²) in [5.74, 6) is 0. The van der Waals surface area contributed by atoms with Gasteiger partial charge in [0.15, 0.2) is 0 Å². The summed E-state index contributed by atoms with van der Waals surface area (Å²) in [7, 11) is 0. The molecule has 5 aromatic rings. The molecule has 0 amide bonds. The second-order valence-electron chi connectivity index (χ2n) is 6.38. The molecule has 0 aliphatic carbocycles. The Bertz CT molecular complexity index is 1200. The van der Waals surface area contributed by atoms with E-state index in [0.29, 0.717) is 0 Å². The summed E-state index contributed by atoms with van der Waals surface area (Å²) in [6, 6.07) is 34.4. The molecule has 0 bridgehead atoms. The predicted octanol–water partition coefficient (Wildman–Crippen LogP) is 6.89. The van der Waals surface area contributed by atoms with Gasteiger partial charge in [0.2, 0.25) is 0 Å². The van der Waals surface area contributed by atoms with Crippen molar-refractivity contribution in [3.05, 3.63) is 97.1 Å². The van der Waals surface area contributed by atoms with Crippen LogP contribution < -0.4 is 5.32 Å². The van der Waals surface area contributed by atoms with Crippen LogP contribution in [-0.2, 0) is 0 Å². The standard InChI is InChI=1S/C24H17N/c1-2-7-20(8-3-1)25-21-15-14-18-11-13-19-12-10-17-6-4-5-9-22(17)24(19)23(18)16-21/h1-16,25H. The van der Waals surface area contributed by atoms with E-state index < -0.39 is 0 Å². The van der Waals surface area contributed by atoms with Crippen LogP contribution in [0.3, 0.4) is 0 Å².